The van der Waals surface area contributed by atoms with E-state index < -0.39 is 9.84 Å². The molecule has 100 valence electrons. The number of sulfone groups is 1. The Bertz CT molecular complexity index is 696. The average molecular weight is 278 g/mol. The van der Waals surface area contributed by atoms with E-state index in [0.717, 1.165) is 5.56 Å². The first-order chi connectivity index (χ1) is 8.96. The highest BCUT2D eigenvalue weighted by Crippen LogP contribution is 2.29. The molecule has 0 aliphatic rings. The summed E-state index contributed by atoms with van der Waals surface area (Å²) >= 11 is 0. The lowest BCUT2D eigenvalue weighted by Gasteiger charge is -2.11. The van der Waals surface area contributed by atoms with Crippen LogP contribution in [0.25, 0.3) is 0 Å². The lowest BCUT2D eigenvalue weighted by atomic mass is 10.0. The predicted octanol–water partition coefficient (Wildman–Crippen LogP) is 3.05. The van der Waals surface area contributed by atoms with Gasteiger partial charge in [0.2, 0.25) is 14.9 Å². The Hall–Kier alpha value is -1.88. The molecule has 0 N–H and O–H groups in total. The summed E-state index contributed by atoms with van der Waals surface area (Å²) in [6, 6.07) is 9.44. The zero-order valence-corrected chi connectivity index (χ0v) is 11.5. The van der Waals surface area contributed by atoms with Crippen molar-refractivity contribution in [3.8, 4) is 0 Å². The second-order valence-corrected chi connectivity index (χ2v) is 6.32. The molecule has 1 aromatic carbocycles. The van der Waals surface area contributed by atoms with Crippen LogP contribution in [0.5, 0.6) is 0 Å². The van der Waals surface area contributed by atoms with Crippen molar-refractivity contribution >= 4 is 16.1 Å². The molecule has 2 aromatic rings. The first kappa shape index (κ1) is 13.5. The van der Waals surface area contributed by atoms with Crippen LogP contribution in [-0.4, -0.2) is 14.7 Å². The van der Waals surface area contributed by atoms with Crippen molar-refractivity contribution < 1.29 is 17.6 Å². The number of hydrogen-bond donors (Lipinski definition) is 0. The molecule has 0 radical (unpaired) electrons. The Morgan fingerprint density at radius 2 is 1.79 bits per heavy atom. The molecular weight excluding hydrogens is 264 g/mol. The molecule has 0 saturated carbocycles. The largest absolute Gasteiger partial charge is 0.442 e. The molecule has 1 aromatic heterocycles. The summed E-state index contributed by atoms with van der Waals surface area (Å²) < 4.78 is 30.0. The van der Waals surface area contributed by atoms with Gasteiger partial charge in [-0.25, -0.2) is 8.42 Å². The highest BCUT2D eigenvalue weighted by Gasteiger charge is 2.25. The number of benzene rings is 1. The van der Waals surface area contributed by atoms with Gasteiger partial charge in [-0.2, -0.15) is 0 Å². The third-order valence-electron chi connectivity index (χ3n) is 2.81. The van der Waals surface area contributed by atoms with Gasteiger partial charge in [0, 0.05) is 0 Å². The summed E-state index contributed by atoms with van der Waals surface area (Å²) in [6.07, 6.45) is 0.480. The maximum Gasteiger partial charge on any atom is 0.239 e. The molecule has 1 heterocycles. The van der Waals surface area contributed by atoms with Gasteiger partial charge in [0.15, 0.2) is 12.0 Å². The molecule has 5 heteroatoms. The molecule has 19 heavy (non-hydrogen) atoms. The SMILES string of the molecule is CC(C)c1ccccc1S(=O)(=O)c1ccc(C=O)o1. The number of rotatable bonds is 4. The van der Waals surface area contributed by atoms with E-state index in [-0.39, 0.29) is 21.7 Å². The van der Waals surface area contributed by atoms with Crippen molar-refractivity contribution in [3.63, 3.8) is 0 Å². The maximum atomic E-state index is 12.5. The Balaban J connectivity index is 2.60. The van der Waals surface area contributed by atoms with E-state index in [4.69, 9.17) is 4.42 Å². The van der Waals surface area contributed by atoms with Gasteiger partial charge in [-0.1, -0.05) is 32.0 Å². The fourth-order valence-corrected chi connectivity index (χ4v) is 3.39. The first-order valence-corrected chi connectivity index (χ1v) is 7.34. The highest BCUT2D eigenvalue weighted by molar-refractivity contribution is 7.91. The van der Waals surface area contributed by atoms with E-state index in [1.807, 2.05) is 13.8 Å². The lowest BCUT2D eigenvalue weighted by Crippen LogP contribution is -2.05. The smallest absolute Gasteiger partial charge is 0.239 e. The summed E-state index contributed by atoms with van der Waals surface area (Å²) in [5, 5.41) is -0.206. The van der Waals surface area contributed by atoms with E-state index in [2.05, 4.69) is 0 Å². The normalized spacial score (nSPS) is 11.7. The third kappa shape index (κ3) is 2.46. The number of furan rings is 1. The van der Waals surface area contributed by atoms with E-state index in [9.17, 15) is 13.2 Å². The van der Waals surface area contributed by atoms with Crippen molar-refractivity contribution in [2.24, 2.45) is 0 Å². The predicted molar refractivity (Wildman–Crippen MR) is 70.1 cm³/mol. The van der Waals surface area contributed by atoms with Crippen LogP contribution in [0.4, 0.5) is 0 Å². The van der Waals surface area contributed by atoms with E-state index in [1.54, 1.807) is 24.3 Å². The van der Waals surface area contributed by atoms with Crippen LogP contribution >= 0.6 is 0 Å². The maximum absolute atomic E-state index is 12.5. The van der Waals surface area contributed by atoms with Crippen molar-refractivity contribution in [1.82, 2.24) is 0 Å². The minimum absolute atomic E-state index is 0.000558. The van der Waals surface area contributed by atoms with Crippen molar-refractivity contribution in [3.05, 3.63) is 47.7 Å². The van der Waals surface area contributed by atoms with Gasteiger partial charge >= 0.3 is 0 Å². The Morgan fingerprint density at radius 3 is 2.37 bits per heavy atom. The average Bonchev–Trinajstić information content (AvgIpc) is 2.88. The Morgan fingerprint density at radius 1 is 1.11 bits per heavy atom. The van der Waals surface area contributed by atoms with Crippen molar-refractivity contribution in [2.45, 2.75) is 29.8 Å². The molecule has 0 bridgehead atoms. The zero-order chi connectivity index (χ0) is 14.0. The molecule has 0 aliphatic carbocycles. The van der Waals surface area contributed by atoms with E-state index in [1.165, 1.54) is 12.1 Å². The van der Waals surface area contributed by atoms with Crippen LogP contribution in [0, 0.1) is 0 Å². The van der Waals surface area contributed by atoms with E-state index in [0.29, 0.717) is 6.29 Å². The van der Waals surface area contributed by atoms with Crippen molar-refractivity contribution in [1.29, 1.82) is 0 Å². The molecule has 2 rings (SSSR count). The Labute approximate surface area is 112 Å². The molecule has 0 amide bonds. The first-order valence-electron chi connectivity index (χ1n) is 5.86. The number of hydrogen-bond acceptors (Lipinski definition) is 4. The minimum atomic E-state index is -3.73. The molecule has 0 spiro atoms. The van der Waals surface area contributed by atoms with Crippen LogP contribution in [0.15, 0.2) is 50.8 Å². The van der Waals surface area contributed by atoms with E-state index >= 15 is 0 Å². The van der Waals surface area contributed by atoms with Crippen LogP contribution in [0.1, 0.15) is 35.9 Å². The van der Waals surface area contributed by atoms with Gasteiger partial charge in [0.1, 0.15) is 0 Å². The molecule has 0 unspecified atom stereocenters. The van der Waals surface area contributed by atoms with Crippen LogP contribution in [0.3, 0.4) is 0 Å². The number of carbonyl (C=O) groups is 1. The number of aldehydes is 1. The molecule has 0 aliphatic heterocycles. The van der Waals surface area contributed by atoms with Gasteiger partial charge < -0.3 is 4.42 Å². The van der Waals surface area contributed by atoms with Crippen LogP contribution in [-0.2, 0) is 9.84 Å². The molecule has 4 nitrogen and oxygen atoms in total. The molecule has 0 saturated heterocycles. The monoisotopic (exact) mass is 278 g/mol. The zero-order valence-electron chi connectivity index (χ0n) is 10.7. The van der Waals surface area contributed by atoms with Gasteiger partial charge in [-0.15, -0.1) is 0 Å². The second kappa shape index (κ2) is 5.01. The standard InChI is InChI=1S/C14H14O4S/c1-10(2)12-5-3-4-6-13(12)19(16,17)14-8-7-11(9-15)18-14/h3-10H,1-2H3. The summed E-state index contributed by atoms with van der Waals surface area (Å²) in [6.45, 7) is 3.85. The Kier molecular flexibility index (Phi) is 3.57. The highest BCUT2D eigenvalue weighted by atomic mass is 32.2. The fourth-order valence-electron chi connectivity index (χ4n) is 1.85. The summed E-state index contributed by atoms with van der Waals surface area (Å²) in [7, 11) is -3.73. The van der Waals surface area contributed by atoms with Crippen molar-refractivity contribution in [2.75, 3.05) is 0 Å². The van der Waals surface area contributed by atoms with Gasteiger partial charge in [-0.3, -0.25) is 4.79 Å². The topological polar surface area (TPSA) is 64.3 Å². The fraction of sp³-hybridized carbons (Fsp3) is 0.214. The molecular formula is C14H14O4S. The van der Waals surface area contributed by atoms with Gasteiger partial charge in [0.25, 0.3) is 0 Å². The van der Waals surface area contributed by atoms with Crippen LogP contribution in [0.2, 0.25) is 0 Å². The quantitative estimate of drug-likeness (QED) is 0.806. The van der Waals surface area contributed by atoms with Crippen LogP contribution < -0.4 is 0 Å². The molecule has 0 fully saturated rings. The lowest BCUT2D eigenvalue weighted by molar-refractivity contribution is 0.109. The second-order valence-electron chi connectivity index (χ2n) is 4.47. The summed E-state index contributed by atoms with van der Waals surface area (Å²) in [4.78, 5) is 10.8. The van der Waals surface area contributed by atoms with Gasteiger partial charge in [0.05, 0.1) is 4.90 Å². The number of carbonyl (C=O) groups excluding carboxylic acids is 1. The molecule has 0 atom stereocenters. The van der Waals surface area contributed by atoms with Gasteiger partial charge in [-0.05, 0) is 29.7 Å². The summed E-state index contributed by atoms with van der Waals surface area (Å²) in [5.74, 6) is 0.0760. The third-order valence-corrected chi connectivity index (χ3v) is 4.51. The minimum Gasteiger partial charge on any atom is -0.442 e. The summed E-state index contributed by atoms with van der Waals surface area (Å²) in [5.41, 5.74) is 0.728.